The van der Waals surface area contributed by atoms with Gasteiger partial charge in [0.25, 0.3) is 0 Å². The van der Waals surface area contributed by atoms with E-state index in [4.69, 9.17) is 10.5 Å². The molecule has 0 aliphatic rings. The van der Waals surface area contributed by atoms with Crippen LogP contribution >= 0.6 is 0 Å². The van der Waals surface area contributed by atoms with Gasteiger partial charge in [-0.25, -0.2) is 0 Å². The predicted molar refractivity (Wildman–Crippen MR) is 81.3 cm³/mol. The van der Waals surface area contributed by atoms with E-state index >= 15 is 0 Å². The first-order valence-corrected chi connectivity index (χ1v) is 7.05. The van der Waals surface area contributed by atoms with Gasteiger partial charge in [0.05, 0.1) is 0 Å². The SMILES string of the molecule is CC(C)(C)NC(=O)CC[C@H](N)C(=O)OCc1ccccc1. The van der Waals surface area contributed by atoms with E-state index in [-0.39, 0.29) is 30.9 Å². The van der Waals surface area contributed by atoms with Gasteiger partial charge in [-0.2, -0.15) is 0 Å². The fraction of sp³-hybridized carbons (Fsp3) is 0.500. The van der Waals surface area contributed by atoms with Gasteiger partial charge >= 0.3 is 5.97 Å². The van der Waals surface area contributed by atoms with E-state index < -0.39 is 12.0 Å². The molecule has 116 valence electrons. The van der Waals surface area contributed by atoms with Gasteiger partial charge in [-0.1, -0.05) is 30.3 Å². The van der Waals surface area contributed by atoms with Crippen molar-refractivity contribution in [2.24, 2.45) is 5.73 Å². The van der Waals surface area contributed by atoms with Gasteiger partial charge in [-0.3, -0.25) is 9.59 Å². The number of nitrogens with two attached hydrogens (primary N) is 1. The number of hydrogen-bond donors (Lipinski definition) is 2. The van der Waals surface area contributed by atoms with Crippen molar-refractivity contribution in [3.05, 3.63) is 35.9 Å². The number of amides is 1. The molecule has 5 heteroatoms. The van der Waals surface area contributed by atoms with Crippen LogP contribution in [0.15, 0.2) is 30.3 Å². The Morgan fingerprint density at radius 1 is 1.24 bits per heavy atom. The standard InChI is InChI=1S/C16H24N2O3/c1-16(2,3)18-14(19)10-9-13(17)15(20)21-11-12-7-5-4-6-8-12/h4-8,13H,9-11,17H2,1-3H3,(H,18,19)/t13-/m0/s1. The normalized spacial score (nSPS) is 12.6. The monoisotopic (exact) mass is 292 g/mol. The minimum Gasteiger partial charge on any atom is -0.460 e. The number of carbonyl (C=O) groups is 2. The molecule has 0 bridgehead atoms. The van der Waals surface area contributed by atoms with E-state index in [1.807, 2.05) is 51.1 Å². The number of carbonyl (C=O) groups excluding carboxylic acids is 2. The van der Waals surface area contributed by atoms with E-state index in [0.717, 1.165) is 5.56 Å². The van der Waals surface area contributed by atoms with Crippen molar-refractivity contribution in [3.63, 3.8) is 0 Å². The lowest BCUT2D eigenvalue weighted by atomic mass is 10.1. The van der Waals surface area contributed by atoms with Crippen LogP contribution < -0.4 is 11.1 Å². The Kier molecular flexibility index (Phi) is 6.37. The van der Waals surface area contributed by atoms with E-state index in [1.54, 1.807) is 0 Å². The Labute approximate surface area is 125 Å². The van der Waals surface area contributed by atoms with Crippen LogP contribution in [0.2, 0.25) is 0 Å². The molecule has 1 amide bonds. The van der Waals surface area contributed by atoms with Gasteiger partial charge in [0.1, 0.15) is 12.6 Å². The summed E-state index contributed by atoms with van der Waals surface area (Å²) in [6.45, 7) is 5.90. The van der Waals surface area contributed by atoms with Gasteiger partial charge in [-0.05, 0) is 32.8 Å². The van der Waals surface area contributed by atoms with Crippen molar-refractivity contribution >= 4 is 11.9 Å². The average molecular weight is 292 g/mol. The maximum absolute atomic E-state index is 11.7. The van der Waals surface area contributed by atoms with Crippen LogP contribution in [0.25, 0.3) is 0 Å². The molecule has 0 aliphatic heterocycles. The first-order chi connectivity index (χ1) is 9.78. The highest BCUT2D eigenvalue weighted by atomic mass is 16.5. The molecule has 1 aromatic rings. The van der Waals surface area contributed by atoms with Crippen LogP contribution in [-0.4, -0.2) is 23.5 Å². The van der Waals surface area contributed by atoms with Gasteiger partial charge < -0.3 is 15.8 Å². The van der Waals surface area contributed by atoms with Crippen molar-refractivity contribution in [2.45, 2.75) is 51.8 Å². The zero-order valence-corrected chi connectivity index (χ0v) is 12.9. The molecule has 1 rings (SSSR count). The topological polar surface area (TPSA) is 81.4 Å². The third-order valence-corrected chi connectivity index (χ3v) is 2.72. The third-order valence-electron chi connectivity index (χ3n) is 2.72. The fourth-order valence-electron chi connectivity index (χ4n) is 1.72. The van der Waals surface area contributed by atoms with Gasteiger partial charge in [0.2, 0.25) is 5.91 Å². The van der Waals surface area contributed by atoms with E-state index in [0.29, 0.717) is 0 Å². The van der Waals surface area contributed by atoms with Crippen LogP contribution in [0.5, 0.6) is 0 Å². The van der Waals surface area contributed by atoms with E-state index in [2.05, 4.69) is 5.32 Å². The summed E-state index contributed by atoms with van der Waals surface area (Å²) in [6, 6.07) is 8.61. The average Bonchev–Trinajstić information content (AvgIpc) is 2.41. The second kappa shape index (κ2) is 7.78. The molecule has 0 radical (unpaired) electrons. The number of nitrogens with one attached hydrogen (secondary N) is 1. The lowest BCUT2D eigenvalue weighted by Crippen LogP contribution is -2.41. The van der Waals surface area contributed by atoms with E-state index in [1.165, 1.54) is 0 Å². The van der Waals surface area contributed by atoms with Crippen molar-refractivity contribution in [2.75, 3.05) is 0 Å². The summed E-state index contributed by atoms with van der Waals surface area (Å²) in [5.41, 5.74) is 6.36. The van der Waals surface area contributed by atoms with Crippen LogP contribution in [0, 0.1) is 0 Å². The Morgan fingerprint density at radius 2 is 1.86 bits per heavy atom. The largest absolute Gasteiger partial charge is 0.460 e. The van der Waals surface area contributed by atoms with Crippen molar-refractivity contribution in [3.8, 4) is 0 Å². The molecule has 0 fully saturated rings. The molecule has 5 nitrogen and oxygen atoms in total. The summed E-state index contributed by atoms with van der Waals surface area (Å²) < 4.78 is 5.13. The Hall–Kier alpha value is -1.88. The molecule has 3 N–H and O–H groups in total. The summed E-state index contributed by atoms with van der Waals surface area (Å²) >= 11 is 0. The molecule has 0 saturated heterocycles. The second-order valence-corrected chi connectivity index (χ2v) is 6.04. The minimum absolute atomic E-state index is 0.117. The Bertz CT molecular complexity index is 466. The molecule has 0 aromatic heterocycles. The smallest absolute Gasteiger partial charge is 0.323 e. The van der Waals surface area contributed by atoms with Crippen molar-refractivity contribution < 1.29 is 14.3 Å². The molecular weight excluding hydrogens is 268 g/mol. The maximum Gasteiger partial charge on any atom is 0.323 e. The first-order valence-electron chi connectivity index (χ1n) is 7.05. The van der Waals surface area contributed by atoms with Crippen LogP contribution in [-0.2, 0) is 20.9 Å². The molecule has 1 atom stereocenters. The molecular formula is C16H24N2O3. The van der Waals surface area contributed by atoms with Gasteiger partial charge in [0, 0.05) is 12.0 Å². The van der Waals surface area contributed by atoms with Crippen LogP contribution in [0.1, 0.15) is 39.2 Å². The number of rotatable bonds is 6. The molecule has 0 spiro atoms. The zero-order chi connectivity index (χ0) is 15.9. The highest BCUT2D eigenvalue weighted by molar-refractivity contribution is 5.79. The highest BCUT2D eigenvalue weighted by Gasteiger charge is 2.19. The molecule has 21 heavy (non-hydrogen) atoms. The molecule has 0 aliphatic carbocycles. The highest BCUT2D eigenvalue weighted by Crippen LogP contribution is 2.05. The summed E-state index contributed by atoms with van der Waals surface area (Å²) in [5.74, 6) is -0.601. The minimum atomic E-state index is -0.778. The number of ether oxygens (including phenoxy) is 1. The van der Waals surface area contributed by atoms with Crippen molar-refractivity contribution in [1.82, 2.24) is 5.32 Å². The quantitative estimate of drug-likeness (QED) is 0.783. The predicted octanol–water partition coefficient (Wildman–Crippen LogP) is 1.75. The molecule has 0 unspecified atom stereocenters. The number of hydrogen-bond acceptors (Lipinski definition) is 4. The van der Waals surface area contributed by atoms with Gasteiger partial charge in [-0.15, -0.1) is 0 Å². The van der Waals surface area contributed by atoms with Crippen LogP contribution in [0.4, 0.5) is 0 Å². The second-order valence-electron chi connectivity index (χ2n) is 6.04. The van der Waals surface area contributed by atoms with Gasteiger partial charge in [0.15, 0.2) is 0 Å². The van der Waals surface area contributed by atoms with Crippen LogP contribution in [0.3, 0.4) is 0 Å². The summed E-state index contributed by atoms with van der Waals surface area (Å²) in [7, 11) is 0. The molecule has 0 saturated carbocycles. The fourth-order valence-corrected chi connectivity index (χ4v) is 1.72. The zero-order valence-electron chi connectivity index (χ0n) is 12.9. The third kappa shape index (κ3) is 7.46. The molecule has 0 heterocycles. The Morgan fingerprint density at radius 3 is 2.43 bits per heavy atom. The number of esters is 1. The maximum atomic E-state index is 11.7. The lowest BCUT2D eigenvalue weighted by Gasteiger charge is -2.20. The first kappa shape index (κ1) is 17.2. The van der Waals surface area contributed by atoms with Crippen molar-refractivity contribution in [1.29, 1.82) is 0 Å². The number of benzene rings is 1. The summed E-state index contributed by atoms with van der Waals surface area (Å²) in [5, 5.41) is 2.82. The summed E-state index contributed by atoms with van der Waals surface area (Å²) in [6.07, 6.45) is 0.481. The lowest BCUT2D eigenvalue weighted by molar-refractivity contribution is -0.146. The Balaban J connectivity index is 2.30. The summed E-state index contributed by atoms with van der Waals surface area (Å²) in [4.78, 5) is 23.4. The molecule has 1 aromatic carbocycles. The van der Waals surface area contributed by atoms with E-state index in [9.17, 15) is 9.59 Å².